The van der Waals surface area contributed by atoms with Crippen molar-refractivity contribution in [1.29, 1.82) is 0 Å². The third-order valence-corrected chi connectivity index (χ3v) is 10.3. The Morgan fingerprint density at radius 2 is 1.56 bits per heavy atom. The highest BCUT2D eigenvalue weighted by atomic mass is 17.1. The van der Waals surface area contributed by atoms with Gasteiger partial charge in [-0.25, -0.2) is 19.3 Å². The molecule has 2 heterocycles. The SMILES string of the molecule is C/C1=C\[C@H](OC(=O)c2ccccc2)[C@@]2(COC(=O)c3ccccc3)CC=C(C(C)(C)OO)C2[C@H](OC(=O)c2cccnc2)C[C@]2(C)O[C@H]2CC1. The molecule has 6 rings (SSSR count). The smallest absolute Gasteiger partial charge is 0.339 e. The van der Waals surface area contributed by atoms with Crippen LogP contribution < -0.4 is 0 Å². The average Bonchev–Trinajstić information content (AvgIpc) is 3.60. The third-order valence-electron chi connectivity index (χ3n) is 10.3. The van der Waals surface area contributed by atoms with E-state index in [-0.39, 0.29) is 31.1 Å². The Morgan fingerprint density at radius 3 is 2.20 bits per heavy atom. The van der Waals surface area contributed by atoms with E-state index in [9.17, 15) is 19.6 Å². The first-order chi connectivity index (χ1) is 24.0. The number of fused-ring (bicyclic) bond motifs is 2. The molecule has 1 fully saturated rings. The number of carbonyl (C=O) groups is 3. The summed E-state index contributed by atoms with van der Waals surface area (Å²) in [7, 11) is 0. The molecule has 0 amide bonds. The summed E-state index contributed by atoms with van der Waals surface area (Å²) in [6, 6.07) is 20.6. The monoisotopic (exact) mass is 681 g/mol. The summed E-state index contributed by atoms with van der Waals surface area (Å²) in [6.07, 6.45) is 6.74. The van der Waals surface area contributed by atoms with Gasteiger partial charge in [-0.2, -0.15) is 0 Å². The van der Waals surface area contributed by atoms with Crippen LogP contribution in [-0.2, 0) is 23.8 Å². The normalized spacial score (nSPS) is 28.7. The maximum atomic E-state index is 13.9. The lowest BCUT2D eigenvalue weighted by Crippen LogP contribution is -2.53. The van der Waals surface area contributed by atoms with Gasteiger partial charge in [0, 0.05) is 24.7 Å². The molecule has 0 spiro atoms. The van der Waals surface area contributed by atoms with E-state index in [1.54, 1.807) is 80.7 Å². The van der Waals surface area contributed by atoms with Gasteiger partial charge in [-0.3, -0.25) is 10.2 Å². The molecule has 0 saturated carbocycles. The molecule has 3 aliphatic rings. The van der Waals surface area contributed by atoms with E-state index in [4.69, 9.17) is 23.8 Å². The minimum absolute atomic E-state index is 0.102. The Bertz CT molecular complexity index is 1760. The Kier molecular flexibility index (Phi) is 10.1. The Morgan fingerprint density at radius 1 is 0.920 bits per heavy atom. The molecule has 262 valence electrons. The van der Waals surface area contributed by atoms with E-state index in [0.29, 0.717) is 29.5 Å². The van der Waals surface area contributed by atoms with Gasteiger partial charge >= 0.3 is 17.9 Å². The molecule has 0 radical (unpaired) electrons. The Balaban J connectivity index is 1.51. The number of ether oxygens (including phenoxy) is 4. The molecule has 1 unspecified atom stereocenters. The van der Waals surface area contributed by atoms with E-state index < -0.39 is 52.7 Å². The first kappa shape index (κ1) is 35.2. The molecule has 1 saturated heterocycles. The standard InChI is InChI=1S/C40H43NO9/c1-26-17-18-32-39(4,49-32)23-31(47-37(44)29-16-11-21-41-24-29)34-30(38(2,3)50-45)19-20-40(34,25-46-35(42)27-12-7-5-8-13-27)33(22-26)48-36(43)28-14-9-6-10-15-28/h5-16,19,21-22,24,31-34,45H,17-18,20,23,25H2,1-4H3/b26-22+/t31-,32+,33+,34?,39+,40+/m1/s1. The van der Waals surface area contributed by atoms with Crippen molar-refractivity contribution in [1.82, 2.24) is 4.98 Å². The van der Waals surface area contributed by atoms with Crippen LogP contribution >= 0.6 is 0 Å². The van der Waals surface area contributed by atoms with Crippen molar-refractivity contribution >= 4 is 17.9 Å². The Hall–Kier alpha value is -4.64. The van der Waals surface area contributed by atoms with Gasteiger partial charge in [-0.1, -0.05) is 48.0 Å². The van der Waals surface area contributed by atoms with E-state index in [1.165, 1.54) is 6.20 Å². The van der Waals surface area contributed by atoms with E-state index in [2.05, 4.69) is 4.98 Å². The van der Waals surface area contributed by atoms with Gasteiger partial charge < -0.3 is 18.9 Å². The van der Waals surface area contributed by atoms with E-state index in [0.717, 1.165) is 5.57 Å². The lowest BCUT2D eigenvalue weighted by atomic mass is 9.65. The highest BCUT2D eigenvalue weighted by Crippen LogP contribution is 2.57. The van der Waals surface area contributed by atoms with Gasteiger partial charge in [0.1, 0.15) is 24.4 Å². The van der Waals surface area contributed by atoms with Crippen molar-refractivity contribution in [3.63, 3.8) is 0 Å². The number of nitrogens with zero attached hydrogens (tertiary/aromatic N) is 1. The number of hydrogen-bond donors (Lipinski definition) is 1. The van der Waals surface area contributed by atoms with Crippen molar-refractivity contribution < 1.29 is 43.5 Å². The summed E-state index contributed by atoms with van der Waals surface area (Å²) in [5.74, 6) is -2.51. The number of rotatable bonds is 9. The number of aromatic nitrogens is 1. The van der Waals surface area contributed by atoms with Gasteiger partial charge in [0.15, 0.2) is 0 Å². The third kappa shape index (κ3) is 7.28. The molecule has 1 aromatic heterocycles. The molecule has 1 N–H and O–H groups in total. The highest BCUT2D eigenvalue weighted by molar-refractivity contribution is 5.90. The van der Waals surface area contributed by atoms with Crippen LogP contribution in [0.1, 0.15) is 84.5 Å². The van der Waals surface area contributed by atoms with Crippen molar-refractivity contribution in [2.75, 3.05) is 6.61 Å². The van der Waals surface area contributed by atoms with Gasteiger partial charge in [0.2, 0.25) is 0 Å². The zero-order valence-electron chi connectivity index (χ0n) is 28.7. The van der Waals surface area contributed by atoms with Gasteiger partial charge in [-0.05, 0) is 95.0 Å². The number of benzene rings is 2. The molecular formula is C40H43NO9. The molecule has 0 bridgehead atoms. The highest BCUT2D eigenvalue weighted by Gasteiger charge is 2.62. The summed E-state index contributed by atoms with van der Waals surface area (Å²) >= 11 is 0. The number of allylic oxidation sites excluding steroid dienone is 2. The van der Waals surface area contributed by atoms with Crippen LogP contribution in [0, 0.1) is 11.3 Å². The zero-order chi connectivity index (χ0) is 35.5. The van der Waals surface area contributed by atoms with Crippen LogP contribution in [0.2, 0.25) is 0 Å². The first-order valence-electron chi connectivity index (χ1n) is 16.9. The van der Waals surface area contributed by atoms with Gasteiger partial charge in [0.25, 0.3) is 0 Å². The van der Waals surface area contributed by atoms with Crippen LogP contribution in [0.3, 0.4) is 0 Å². The summed E-state index contributed by atoms with van der Waals surface area (Å²) in [5.41, 5.74) is -0.597. The molecule has 10 nitrogen and oxygen atoms in total. The second kappa shape index (κ2) is 14.3. The first-order valence-corrected chi connectivity index (χ1v) is 16.9. The van der Waals surface area contributed by atoms with Crippen LogP contribution in [0.15, 0.2) is 108 Å². The zero-order valence-corrected chi connectivity index (χ0v) is 28.7. The maximum Gasteiger partial charge on any atom is 0.339 e. The largest absolute Gasteiger partial charge is 0.461 e. The number of epoxide rings is 1. The maximum absolute atomic E-state index is 13.9. The number of carbonyl (C=O) groups excluding carboxylic acids is 3. The summed E-state index contributed by atoms with van der Waals surface area (Å²) in [6.45, 7) is 7.17. The molecule has 2 aliphatic carbocycles. The predicted molar refractivity (Wildman–Crippen MR) is 183 cm³/mol. The average molecular weight is 682 g/mol. The number of esters is 3. The molecule has 10 heteroatoms. The molecule has 50 heavy (non-hydrogen) atoms. The fourth-order valence-electron chi connectivity index (χ4n) is 7.41. The van der Waals surface area contributed by atoms with Gasteiger partial charge in [-0.15, -0.1) is 0 Å². The topological polar surface area (TPSA) is 134 Å². The van der Waals surface area contributed by atoms with Crippen LogP contribution in [0.25, 0.3) is 0 Å². The van der Waals surface area contributed by atoms with Crippen molar-refractivity contribution in [2.45, 2.75) is 82.9 Å². The van der Waals surface area contributed by atoms with Gasteiger partial charge in [0.05, 0.1) is 33.8 Å². The summed E-state index contributed by atoms with van der Waals surface area (Å²) < 4.78 is 25.3. The second-order valence-electron chi connectivity index (χ2n) is 14.2. The molecule has 1 aliphatic heterocycles. The predicted octanol–water partition coefficient (Wildman–Crippen LogP) is 7.18. The molecule has 2 aromatic carbocycles. The van der Waals surface area contributed by atoms with Crippen LogP contribution in [0.4, 0.5) is 0 Å². The molecule has 3 aromatic rings. The summed E-state index contributed by atoms with van der Waals surface area (Å²) in [5, 5.41) is 10.3. The fraction of sp³-hybridized carbons (Fsp3) is 0.400. The van der Waals surface area contributed by atoms with E-state index in [1.807, 2.05) is 38.1 Å². The van der Waals surface area contributed by atoms with Crippen molar-refractivity contribution in [3.05, 3.63) is 125 Å². The number of pyridine rings is 1. The lowest BCUT2D eigenvalue weighted by Gasteiger charge is -2.46. The van der Waals surface area contributed by atoms with Crippen LogP contribution in [0.5, 0.6) is 0 Å². The van der Waals surface area contributed by atoms with Crippen molar-refractivity contribution in [3.8, 4) is 0 Å². The molecular weight excluding hydrogens is 638 g/mol. The number of hydrogen-bond acceptors (Lipinski definition) is 10. The minimum Gasteiger partial charge on any atom is -0.461 e. The minimum atomic E-state index is -1.27. The van der Waals surface area contributed by atoms with E-state index >= 15 is 0 Å². The lowest BCUT2D eigenvalue weighted by molar-refractivity contribution is -0.303. The van der Waals surface area contributed by atoms with Crippen LogP contribution in [-0.4, -0.2) is 64.3 Å². The molecule has 6 atom stereocenters. The fourth-order valence-corrected chi connectivity index (χ4v) is 7.41. The quantitative estimate of drug-likeness (QED) is 0.0618. The van der Waals surface area contributed by atoms with Crippen molar-refractivity contribution in [2.24, 2.45) is 11.3 Å². The Labute approximate surface area is 292 Å². The summed E-state index contributed by atoms with van der Waals surface area (Å²) in [4.78, 5) is 50.5. The second-order valence-corrected chi connectivity index (χ2v) is 14.2.